The van der Waals surface area contributed by atoms with Gasteiger partial charge in [0.05, 0.1) is 0 Å². The second kappa shape index (κ2) is 9.75. The summed E-state index contributed by atoms with van der Waals surface area (Å²) in [5.41, 5.74) is -0.489. The number of carbonyl (C=O) groups is 2. The molecule has 0 aromatic heterocycles. The van der Waals surface area contributed by atoms with Crippen molar-refractivity contribution in [1.29, 1.82) is 0 Å². The van der Waals surface area contributed by atoms with E-state index in [1.807, 2.05) is 0 Å². The lowest BCUT2D eigenvalue weighted by molar-refractivity contribution is -0.320. The standard InChI is InChI=1S/C13H24O6/c1-13(2,3)19-18-12(15)10-8-6-4-5-7-9-11(14)17-16/h16H,4-10H2,1-3H3. The third-order valence-electron chi connectivity index (χ3n) is 2.25. The number of rotatable bonds is 9. The van der Waals surface area contributed by atoms with Gasteiger partial charge in [0.15, 0.2) is 0 Å². The molecule has 1 N–H and O–H groups in total. The summed E-state index contributed by atoms with van der Waals surface area (Å²) in [5.74, 6) is -0.971. The maximum absolute atomic E-state index is 11.3. The van der Waals surface area contributed by atoms with Crippen LogP contribution in [0.3, 0.4) is 0 Å². The van der Waals surface area contributed by atoms with E-state index >= 15 is 0 Å². The molecule has 0 radical (unpaired) electrons. The highest BCUT2D eigenvalue weighted by Gasteiger charge is 2.14. The molecular weight excluding hydrogens is 252 g/mol. The SMILES string of the molecule is CC(C)(C)OOC(=O)CCCCCCCC(=O)OO. The predicted octanol–water partition coefficient (Wildman–Crippen LogP) is 3.01. The van der Waals surface area contributed by atoms with Gasteiger partial charge in [-0.05, 0) is 33.6 Å². The Labute approximate surface area is 113 Å². The number of hydrogen-bond acceptors (Lipinski definition) is 6. The summed E-state index contributed by atoms with van der Waals surface area (Å²) in [6, 6.07) is 0. The molecule has 0 spiro atoms. The Morgan fingerprint density at radius 3 is 1.84 bits per heavy atom. The Hall–Kier alpha value is -1.14. The molecule has 0 fully saturated rings. The molecule has 0 heterocycles. The quantitative estimate of drug-likeness (QED) is 0.396. The molecule has 0 atom stereocenters. The van der Waals surface area contributed by atoms with Crippen LogP contribution in [0.15, 0.2) is 0 Å². The molecule has 19 heavy (non-hydrogen) atoms. The minimum atomic E-state index is -0.608. The van der Waals surface area contributed by atoms with Crippen LogP contribution in [0.25, 0.3) is 0 Å². The summed E-state index contributed by atoms with van der Waals surface area (Å²) < 4.78 is 0. The molecule has 0 rings (SSSR count). The van der Waals surface area contributed by atoms with Crippen molar-refractivity contribution in [3.8, 4) is 0 Å². The first-order valence-corrected chi connectivity index (χ1v) is 6.58. The first-order valence-electron chi connectivity index (χ1n) is 6.58. The Morgan fingerprint density at radius 2 is 1.37 bits per heavy atom. The van der Waals surface area contributed by atoms with E-state index in [9.17, 15) is 9.59 Å². The fraction of sp³-hybridized carbons (Fsp3) is 0.846. The Bertz CT molecular complexity index is 269. The zero-order valence-corrected chi connectivity index (χ0v) is 11.9. The topological polar surface area (TPSA) is 82.1 Å². The third kappa shape index (κ3) is 13.1. The van der Waals surface area contributed by atoms with Gasteiger partial charge in [-0.3, -0.25) is 4.89 Å². The zero-order chi connectivity index (χ0) is 14.7. The van der Waals surface area contributed by atoms with Crippen LogP contribution in [-0.4, -0.2) is 22.8 Å². The average Bonchev–Trinajstić information content (AvgIpc) is 2.34. The number of unbranched alkanes of at least 4 members (excludes halogenated alkanes) is 4. The lowest BCUT2D eigenvalue weighted by Gasteiger charge is -2.16. The summed E-state index contributed by atoms with van der Waals surface area (Å²) in [5, 5.41) is 8.03. The number of carbonyl (C=O) groups excluding carboxylic acids is 2. The molecule has 0 aromatic carbocycles. The van der Waals surface area contributed by atoms with Crippen LogP contribution in [0.2, 0.25) is 0 Å². The highest BCUT2D eigenvalue weighted by molar-refractivity contribution is 5.68. The highest BCUT2D eigenvalue weighted by atomic mass is 17.2. The summed E-state index contributed by atoms with van der Waals surface area (Å²) in [4.78, 5) is 35.0. The summed E-state index contributed by atoms with van der Waals surface area (Å²) in [7, 11) is 0. The van der Waals surface area contributed by atoms with Gasteiger partial charge in [0.1, 0.15) is 5.60 Å². The molecular formula is C13H24O6. The van der Waals surface area contributed by atoms with E-state index in [1.54, 1.807) is 20.8 Å². The summed E-state index contributed by atoms with van der Waals surface area (Å²) in [6.07, 6.45) is 4.63. The van der Waals surface area contributed by atoms with E-state index in [0.717, 1.165) is 25.7 Å². The van der Waals surface area contributed by atoms with Gasteiger partial charge in [-0.1, -0.05) is 19.3 Å². The van der Waals surface area contributed by atoms with Crippen LogP contribution >= 0.6 is 0 Å². The molecule has 0 aliphatic rings. The lowest BCUT2D eigenvalue weighted by atomic mass is 10.1. The van der Waals surface area contributed by atoms with E-state index < -0.39 is 11.6 Å². The van der Waals surface area contributed by atoms with Gasteiger partial charge in [0.2, 0.25) is 0 Å². The molecule has 0 amide bonds. The van der Waals surface area contributed by atoms with Crippen molar-refractivity contribution in [1.82, 2.24) is 0 Å². The molecule has 112 valence electrons. The van der Waals surface area contributed by atoms with Crippen LogP contribution in [-0.2, 0) is 24.3 Å². The van der Waals surface area contributed by atoms with Crippen molar-refractivity contribution in [2.45, 2.75) is 71.3 Å². The molecule has 0 bridgehead atoms. The maximum Gasteiger partial charge on any atom is 0.342 e. The fourth-order valence-corrected chi connectivity index (χ4v) is 1.33. The van der Waals surface area contributed by atoms with Gasteiger partial charge in [-0.25, -0.2) is 9.59 Å². The van der Waals surface area contributed by atoms with Crippen LogP contribution in [0.5, 0.6) is 0 Å². The molecule has 0 saturated heterocycles. The van der Waals surface area contributed by atoms with Crippen molar-refractivity contribution in [2.24, 2.45) is 0 Å². The van der Waals surface area contributed by atoms with Gasteiger partial charge < -0.3 is 4.89 Å². The van der Waals surface area contributed by atoms with Crippen molar-refractivity contribution < 1.29 is 29.5 Å². The van der Waals surface area contributed by atoms with Gasteiger partial charge in [0, 0.05) is 12.8 Å². The van der Waals surface area contributed by atoms with Crippen LogP contribution in [0, 0.1) is 0 Å². The van der Waals surface area contributed by atoms with Crippen LogP contribution in [0.4, 0.5) is 0 Å². The molecule has 0 saturated carbocycles. The lowest BCUT2D eigenvalue weighted by Crippen LogP contribution is -2.21. The third-order valence-corrected chi connectivity index (χ3v) is 2.25. The molecule has 0 unspecified atom stereocenters. The predicted molar refractivity (Wildman–Crippen MR) is 68.0 cm³/mol. The fourth-order valence-electron chi connectivity index (χ4n) is 1.33. The largest absolute Gasteiger partial charge is 0.342 e. The second-order valence-electron chi connectivity index (χ2n) is 5.38. The number of hydrogen-bond donors (Lipinski definition) is 1. The van der Waals surface area contributed by atoms with E-state index in [4.69, 9.17) is 10.1 Å². The summed E-state index contributed by atoms with van der Waals surface area (Å²) in [6.45, 7) is 5.41. The van der Waals surface area contributed by atoms with E-state index in [1.165, 1.54) is 0 Å². The van der Waals surface area contributed by atoms with Crippen molar-refractivity contribution in [3.63, 3.8) is 0 Å². The zero-order valence-electron chi connectivity index (χ0n) is 11.9. The minimum Gasteiger partial charge on any atom is -0.301 e. The van der Waals surface area contributed by atoms with Gasteiger partial charge in [0.25, 0.3) is 0 Å². The summed E-state index contributed by atoms with van der Waals surface area (Å²) >= 11 is 0. The van der Waals surface area contributed by atoms with Crippen molar-refractivity contribution in [3.05, 3.63) is 0 Å². The first kappa shape index (κ1) is 17.9. The van der Waals surface area contributed by atoms with Gasteiger partial charge in [-0.15, -0.1) is 0 Å². The molecule has 6 heteroatoms. The molecule has 0 aromatic rings. The monoisotopic (exact) mass is 276 g/mol. The normalized spacial score (nSPS) is 11.2. The Kier molecular flexibility index (Phi) is 9.16. The Morgan fingerprint density at radius 1 is 0.895 bits per heavy atom. The van der Waals surface area contributed by atoms with E-state index in [0.29, 0.717) is 12.8 Å². The smallest absolute Gasteiger partial charge is 0.301 e. The van der Waals surface area contributed by atoms with Crippen molar-refractivity contribution >= 4 is 11.9 Å². The first-order chi connectivity index (χ1) is 8.85. The van der Waals surface area contributed by atoms with E-state index in [-0.39, 0.29) is 12.4 Å². The maximum atomic E-state index is 11.3. The van der Waals surface area contributed by atoms with E-state index in [2.05, 4.69) is 9.78 Å². The van der Waals surface area contributed by atoms with Crippen molar-refractivity contribution in [2.75, 3.05) is 0 Å². The van der Waals surface area contributed by atoms with Gasteiger partial charge in [-0.2, -0.15) is 10.1 Å². The molecule has 0 aliphatic carbocycles. The highest BCUT2D eigenvalue weighted by Crippen LogP contribution is 2.11. The molecule has 6 nitrogen and oxygen atoms in total. The van der Waals surface area contributed by atoms with Crippen LogP contribution in [0.1, 0.15) is 65.7 Å². The second-order valence-corrected chi connectivity index (χ2v) is 5.38. The Balaban J connectivity index is 3.35. The van der Waals surface area contributed by atoms with Crippen LogP contribution < -0.4 is 0 Å². The minimum absolute atomic E-state index is 0.220. The van der Waals surface area contributed by atoms with Gasteiger partial charge >= 0.3 is 11.9 Å². The average molecular weight is 276 g/mol. The molecule has 0 aliphatic heterocycles.